The molecule has 0 aromatic rings. The quantitative estimate of drug-likeness (QED) is 0.637. The molecule has 90 valence electrons. The predicted octanol–water partition coefficient (Wildman–Crippen LogP) is 1.05. The van der Waals surface area contributed by atoms with Crippen LogP contribution in [0.15, 0.2) is 0 Å². The Morgan fingerprint density at radius 1 is 1.53 bits per heavy atom. The SMILES string of the molecule is CCCNC(CC(N)=O)CC(C)(C)OC. The zero-order valence-electron chi connectivity index (χ0n) is 10.3. The average Bonchev–Trinajstić information content (AvgIpc) is 2.13. The van der Waals surface area contributed by atoms with E-state index in [9.17, 15) is 4.79 Å². The fourth-order valence-electron chi connectivity index (χ4n) is 1.48. The number of methoxy groups -OCH3 is 1. The van der Waals surface area contributed by atoms with E-state index in [1.807, 2.05) is 13.8 Å². The van der Waals surface area contributed by atoms with E-state index < -0.39 is 0 Å². The standard InChI is InChI=1S/C11H24N2O2/c1-5-6-13-9(7-10(12)14)8-11(2,3)15-4/h9,13H,5-8H2,1-4H3,(H2,12,14). The number of ether oxygens (including phenoxy) is 1. The number of hydrogen-bond donors (Lipinski definition) is 2. The van der Waals surface area contributed by atoms with Crippen molar-refractivity contribution in [2.45, 2.75) is 51.7 Å². The summed E-state index contributed by atoms with van der Waals surface area (Å²) in [6.07, 6.45) is 2.20. The number of primary amides is 1. The second-order valence-corrected chi connectivity index (χ2v) is 4.49. The molecule has 4 heteroatoms. The van der Waals surface area contributed by atoms with Gasteiger partial charge < -0.3 is 15.8 Å². The van der Waals surface area contributed by atoms with Crippen LogP contribution in [0.3, 0.4) is 0 Å². The molecule has 0 aliphatic carbocycles. The highest BCUT2D eigenvalue weighted by atomic mass is 16.5. The molecule has 0 heterocycles. The van der Waals surface area contributed by atoms with Crippen molar-refractivity contribution in [2.75, 3.05) is 13.7 Å². The van der Waals surface area contributed by atoms with Gasteiger partial charge in [-0.05, 0) is 33.2 Å². The normalized spacial score (nSPS) is 13.9. The molecule has 3 N–H and O–H groups in total. The molecule has 0 aliphatic heterocycles. The minimum Gasteiger partial charge on any atom is -0.379 e. The molecule has 0 saturated carbocycles. The molecule has 0 saturated heterocycles. The van der Waals surface area contributed by atoms with E-state index in [4.69, 9.17) is 10.5 Å². The van der Waals surface area contributed by atoms with Crippen molar-refractivity contribution in [3.63, 3.8) is 0 Å². The lowest BCUT2D eigenvalue weighted by atomic mass is 9.96. The Bertz CT molecular complexity index is 193. The lowest BCUT2D eigenvalue weighted by Crippen LogP contribution is -2.40. The number of amides is 1. The van der Waals surface area contributed by atoms with Gasteiger partial charge in [-0.15, -0.1) is 0 Å². The van der Waals surface area contributed by atoms with E-state index in [-0.39, 0.29) is 17.6 Å². The van der Waals surface area contributed by atoms with Gasteiger partial charge >= 0.3 is 0 Å². The molecule has 1 unspecified atom stereocenters. The average molecular weight is 216 g/mol. The summed E-state index contributed by atoms with van der Waals surface area (Å²) >= 11 is 0. The van der Waals surface area contributed by atoms with Crippen LogP contribution < -0.4 is 11.1 Å². The highest BCUT2D eigenvalue weighted by Crippen LogP contribution is 2.17. The second kappa shape index (κ2) is 6.80. The third-order valence-corrected chi connectivity index (χ3v) is 2.42. The Hall–Kier alpha value is -0.610. The number of carbonyl (C=O) groups is 1. The molecule has 0 spiro atoms. The lowest BCUT2D eigenvalue weighted by Gasteiger charge is -2.28. The minimum absolute atomic E-state index is 0.109. The summed E-state index contributed by atoms with van der Waals surface area (Å²) in [4.78, 5) is 10.9. The van der Waals surface area contributed by atoms with Crippen molar-refractivity contribution in [1.29, 1.82) is 0 Å². The van der Waals surface area contributed by atoms with Crippen molar-refractivity contribution in [1.82, 2.24) is 5.32 Å². The van der Waals surface area contributed by atoms with Gasteiger partial charge in [0, 0.05) is 19.6 Å². The van der Waals surface area contributed by atoms with E-state index in [0.29, 0.717) is 6.42 Å². The summed E-state index contributed by atoms with van der Waals surface area (Å²) in [5.41, 5.74) is 4.98. The van der Waals surface area contributed by atoms with Crippen LogP contribution in [0.1, 0.15) is 40.0 Å². The van der Waals surface area contributed by atoms with E-state index in [2.05, 4.69) is 12.2 Å². The third-order valence-electron chi connectivity index (χ3n) is 2.42. The van der Waals surface area contributed by atoms with E-state index >= 15 is 0 Å². The topological polar surface area (TPSA) is 64.3 Å². The predicted molar refractivity (Wildman–Crippen MR) is 61.6 cm³/mol. The van der Waals surface area contributed by atoms with Crippen molar-refractivity contribution in [2.24, 2.45) is 5.73 Å². The maximum Gasteiger partial charge on any atom is 0.218 e. The van der Waals surface area contributed by atoms with Crippen molar-refractivity contribution in [3.8, 4) is 0 Å². The smallest absolute Gasteiger partial charge is 0.218 e. The monoisotopic (exact) mass is 216 g/mol. The highest BCUT2D eigenvalue weighted by Gasteiger charge is 2.23. The van der Waals surface area contributed by atoms with Gasteiger partial charge in [0.1, 0.15) is 0 Å². The molecule has 0 rings (SSSR count). The van der Waals surface area contributed by atoms with Crippen LogP contribution in [0.5, 0.6) is 0 Å². The Balaban J connectivity index is 4.16. The molecule has 15 heavy (non-hydrogen) atoms. The molecule has 1 atom stereocenters. The highest BCUT2D eigenvalue weighted by molar-refractivity contribution is 5.74. The van der Waals surface area contributed by atoms with Gasteiger partial charge in [-0.3, -0.25) is 4.79 Å². The van der Waals surface area contributed by atoms with Crippen LogP contribution in [0.2, 0.25) is 0 Å². The van der Waals surface area contributed by atoms with E-state index in [1.54, 1.807) is 7.11 Å². The maximum absolute atomic E-state index is 10.9. The van der Waals surface area contributed by atoms with Crippen molar-refractivity contribution < 1.29 is 9.53 Å². The van der Waals surface area contributed by atoms with Crippen LogP contribution in [-0.4, -0.2) is 31.2 Å². The third kappa shape index (κ3) is 7.33. The van der Waals surface area contributed by atoms with Crippen LogP contribution in [-0.2, 0) is 9.53 Å². The van der Waals surface area contributed by atoms with Gasteiger partial charge in [0.25, 0.3) is 0 Å². The Labute approximate surface area is 92.6 Å². The van der Waals surface area contributed by atoms with Crippen molar-refractivity contribution in [3.05, 3.63) is 0 Å². The molecule has 0 aliphatic rings. The summed E-state index contributed by atoms with van der Waals surface area (Å²) < 4.78 is 5.34. The fraction of sp³-hybridized carbons (Fsp3) is 0.909. The largest absolute Gasteiger partial charge is 0.379 e. The molecule has 0 aromatic heterocycles. The zero-order chi connectivity index (χ0) is 11.9. The first-order chi connectivity index (χ1) is 6.91. The zero-order valence-corrected chi connectivity index (χ0v) is 10.3. The van der Waals surface area contributed by atoms with Gasteiger partial charge in [0.15, 0.2) is 0 Å². The maximum atomic E-state index is 10.9. The molecule has 0 fully saturated rings. The molecular formula is C11H24N2O2. The first kappa shape index (κ1) is 14.4. The summed E-state index contributed by atoms with van der Waals surface area (Å²) in [6, 6.07) is 0.109. The summed E-state index contributed by atoms with van der Waals surface area (Å²) in [5, 5.41) is 3.31. The number of nitrogens with one attached hydrogen (secondary N) is 1. The second-order valence-electron chi connectivity index (χ2n) is 4.49. The first-order valence-corrected chi connectivity index (χ1v) is 5.48. The van der Waals surface area contributed by atoms with Crippen LogP contribution in [0.4, 0.5) is 0 Å². The van der Waals surface area contributed by atoms with E-state index in [1.165, 1.54) is 0 Å². The minimum atomic E-state index is -0.268. The van der Waals surface area contributed by atoms with Crippen molar-refractivity contribution >= 4 is 5.91 Å². The van der Waals surface area contributed by atoms with Crippen LogP contribution >= 0.6 is 0 Å². The molecule has 4 nitrogen and oxygen atoms in total. The van der Waals surface area contributed by atoms with Gasteiger partial charge in [0.05, 0.1) is 5.60 Å². The Morgan fingerprint density at radius 3 is 2.53 bits per heavy atom. The van der Waals surface area contributed by atoms with Gasteiger partial charge in [0.2, 0.25) is 5.91 Å². The van der Waals surface area contributed by atoms with Gasteiger partial charge in [-0.2, -0.15) is 0 Å². The molecule has 0 aromatic carbocycles. The molecule has 0 bridgehead atoms. The molecular weight excluding hydrogens is 192 g/mol. The number of hydrogen-bond acceptors (Lipinski definition) is 3. The summed E-state index contributed by atoms with van der Waals surface area (Å²) in [7, 11) is 1.68. The summed E-state index contributed by atoms with van der Waals surface area (Å²) in [6.45, 7) is 7.01. The number of carbonyl (C=O) groups excluding carboxylic acids is 1. The van der Waals surface area contributed by atoms with Gasteiger partial charge in [-0.1, -0.05) is 6.92 Å². The summed E-state index contributed by atoms with van der Waals surface area (Å²) in [5.74, 6) is -0.268. The Morgan fingerprint density at radius 2 is 2.13 bits per heavy atom. The number of rotatable bonds is 8. The first-order valence-electron chi connectivity index (χ1n) is 5.48. The molecule has 1 amide bonds. The van der Waals surface area contributed by atoms with Crippen LogP contribution in [0, 0.1) is 0 Å². The lowest BCUT2D eigenvalue weighted by molar-refractivity contribution is -0.118. The number of nitrogens with two attached hydrogens (primary N) is 1. The Kier molecular flexibility index (Phi) is 6.52. The van der Waals surface area contributed by atoms with Gasteiger partial charge in [-0.25, -0.2) is 0 Å². The molecule has 0 radical (unpaired) electrons. The fourth-order valence-corrected chi connectivity index (χ4v) is 1.48. The van der Waals surface area contributed by atoms with E-state index in [0.717, 1.165) is 19.4 Å². The van der Waals surface area contributed by atoms with Crippen LogP contribution in [0.25, 0.3) is 0 Å².